The van der Waals surface area contributed by atoms with Gasteiger partial charge in [0.25, 0.3) is 0 Å². The van der Waals surface area contributed by atoms with E-state index in [9.17, 15) is 13.2 Å². The first kappa shape index (κ1) is 13.9. The molecule has 0 unspecified atom stereocenters. The van der Waals surface area contributed by atoms with Gasteiger partial charge in [0.2, 0.25) is 5.95 Å². The number of hydrogen-bond donors (Lipinski definition) is 3. The van der Waals surface area contributed by atoms with Gasteiger partial charge >= 0.3 is 6.18 Å². The van der Waals surface area contributed by atoms with Crippen molar-refractivity contribution in [3.05, 3.63) is 35.9 Å². The molecule has 0 fully saturated rings. The normalized spacial score (nSPS) is 11.2. The Balaban J connectivity index is 2.28. The van der Waals surface area contributed by atoms with Gasteiger partial charge in [-0.2, -0.15) is 23.1 Å². The predicted octanol–water partition coefficient (Wildman–Crippen LogP) is 2.86. The first-order chi connectivity index (χ1) is 9.38. The number of nitrogens with one attached hydrogen (secondary N) is 2. The second kappa shape index (κ2) is 5.24. The summed E-state index contributed by atoms with van der Waals surface area (Å²) in [4.78, 5) is 7.79. The van der Waals surface area contributed by atoms with Crippen LogP contribution in [0.1, 0.15) is 5.56 Å². The molecule has 1 aromatic heterocycles. The zero-order valence-corrected chi connectivity index (χ0v) is 10.5. The van der Waals surface area contributed by atoms with Crippen LogP contribution in [0.5, 0.6) is 0 Å². The Morgan fingerprint density at radius 2 is 1.80 bits per heavy atom. The first-order valence-corrected chi connectivity index (χ1v) is 5.65. The fourth-order valence-corrected chi connectivity index (χ4v) is 1.58. The van der Waals surface area contributed by atoms with Crippen LogP contribution >= 0.6 is 0 Å². The van der Waals surface area contributed by atoms with Gasteiger partial charge in [-0.1, -0.05) is 6.07 Å². The van der Waals surface area contributed by atoms with Crippen molar-refractivity contribution in [1.29, 1.82) is 0 Å². The Bertz CT molecular complexity index is 612. The van der Waals surface area contributed by atoms with Crippen LogP contribution < -0.4 is 16.4 Å². The fraction of sp³-hybridized carbons (Fsp3) is 0.167. The summed E-state index contributed by atoms with van der Waals surface area (Å²) in [7, 11) is 1.65. The van der Waals surface area contributed by atoms with Gasteiger partial charge in [0.1, 0.15) is 11.6 Å². The Morgan fingerprint density at radius 1 is 1.10 bits per heavy atom. The van der Waals surface area contributed by atoms with Gasteiger partial charge in [0.05, 0.1) is 5.56 Å². The Labute approximate surface area is 113 Å². The summed E-state index contributed by atoms with van der Waals surface area (Å²) in [5, 5.41) is 5.54. The van der Waals surface area contributed by atoms with E-state index in [1.807, 2.05) is 0 Å². The minimum absolute atomic E-state index is 0.0197. The van der Waals surface area contributed by atoms with Crippen molar-refractivity contribution in [2.24, 2.45) is 0 Å². The van der Waals surface area contributed by atoms with Crippen LogP contribution in [0.4, 0.5) is 36.4 Å². The molecule has 2 rings (SSSR count). The smallest absolute Gasteiger partial charge is 0.373 e. The number of hydrogen-bond acceptors (Lipinski definition) is 5. The molecular weight excluding hydrogens is 271 g/mol. The average molecular weight is 283 g/mol. The summed E-state index contributed by atoms with van der Waals surface area (Å²) in [6.45, 7) is 0. The molecule has 0 radical (unpaired) electrons. The molecule has 106 valence electrons. The molecule has 0 atom stereocenters. The monoisotopic (exact) mass is 283 g/mol. The number of nitrogens with two attached hydrogens (primary N) is 1. The van der Waals surface area contributed by atoms with E-state index in [2.05, 4.69) is 20.6 Å². The number of nitrogens with zero attached hydrogens (tertiary/aromatic N) is 2. The van der Waals surface area contributed by atoms with Crippen LogP contribution in [0.25, 0.3) is 0 Å². The lowest BCUT2D eigenvalue weighted by atomic mass is 10.2. The highest BCUT2D eigenvalue weighted by Crippen LogP contribution is 2.31. The van der Waals surface area contributed by atoms with Crippen LogP contribution in [0.15, 0.2) is 30.3 Å². The largest absolute Gasteiger partial charge is 0.416 e. The average Bonchev–Trinajstić information content (AvgIpc) is 2.37. The maximum Gasteiger partial charge on any atom is 0.416 e. The molecule has 5 nitrogen and oxygen atoms in total. The summed E-state index contributed by atoms with van der Waals surface area (Å²) in [6, 6.07) is 6.35. The van der Waals surface area contributed by atoms with Crippen molar-refractivity contribution < 1.29 is 13.2 Å². The van der Waals surface area contributed by atoms with E-state index in [-0.39, 0.29) is 11.6 Å². The van der Waals surface area contributed by atoms with Crippen molar-refractivity contribution in [3.8, 4) is 0 Å². The van der Waals surface area contributed by atoms with E-state index < -0.39 is 11.7 Å². The molecule has 0 spiro atoms. The molecule has 0 saturated carbocycles. The van der Waals surface area contributed by atoms with Crippen LogP contribution in [0.3, 0.4) is 0 Å². The van der Waals surface area contributed by atoms with Crippen LogP contribution in [-0.2, 0) is 6.18 Å². The van der Waals surface area contributed by atoms with Gasteiger partial charge in [0.15, 0.2) is 0 Å². The van der Waals surface area contributed by atoms with Crippen LogP contribution in [-0.4, -0.2) is 17.0 Å². The number of aromatic nitrogens is 2. The van der Waals surface area contributed by atoms with Crippen LogP contribution in [0, 0.1) is 0 Å². The SMILES string of the molecule is CNc1cc(Nc2cccc(C(F)(F)F)c2)nc(N)n1. The van der Waals surface area contributed by atoms with Gasteiger partial charge in [0, 0.05) is 18.8 Å². The second-order valence-electron chi connectivity index (χ2n) is 3.95. The molecule has 4 N–H and O–H groups in total. The molecular formula is C12H12F3N5. The highest BCUT2D eigenvalue weighted by Gasteiger charge is 2.30. The lowest BCUT2D eigenvalue weighted by molar-refractivity contribution is -0.137. The molecule has 1 aromatic carbocycles. The number of benzene rings is 1. The van der Waals surface area contributed by atoms with Gasteiger partial charge in [-0.15, -0.1) is 0 Å². The fourth-order valence-electron chi connectivity index (χ4n) is 1.58. The third-order valence-corrected chi connectivity index (χ3v) is 2.46. The molecule has 8 heteroatoms. The summed E-state index contributed by atoms with van der Waals surface area (Å²) in [6.07, 6.45) is -4.39. The summed E-state index contributed by atoms with van der Waals surface area (Å²) < 4.78 is 37.8. The quantitative estimate of drug-likeness (QED) is 0.807. The molecule has 0 saturated heterocycles. The molecule has 0 aliphatic carbocycles. The van der Waals surface area contributed by atoms with Crippen LogP contribution in [0.2, 0.25) is 0 Å². The van der Waals surface area contributed by atoms with Crippen molar-refractivity contribution in [1.82, 2.24) is 9.97 Å². The first-order valence-electron chi connectivity index (χ1n) is 5.65. The third-order valence-electron chi connectivity index (χ3n) is 2.46. The Kier molecular flexibility index (Phi) is 3.64. The summed E-state index contributed by atoms with van der Waals surface area (Å²) >= 11 is 0. The summed E-state index contributed by atoms with van der Waals surface area (Å²) in [5.74, 6) is 0.791. The maximum atomic E-state index is 12.6. The van der Waals surface area contributed by atoms with E-state index in [1.165, 1.54) is 18.2 Å². The number of alkyl halides is 3. The predicted molar refractivity (Wildman–Crippen MR) is 70.7 cm³/mol. The minimum atomic E-state index is -4.39. The molecule has 0 amide bonds. The number of anilines is 4. The second-order valence-corrected chi connectivity index (χ2v) is 3.95. The van der Waals surface area contributed by atoms with E-state index in [0.717, 1.165) is 12.1 Å². The minimum Gasteiger partial charge on any atom is -0.373 e. The van der Waals surface area contributed by atoms with E-state index >= 15 is 0 Å². The molecule has 0 aliphatic heterocycles. The number of rotatable bonds is 3. The van der Waals surface area contributed by atoms with Crippen molar-refractivity contribution >= 4 is 23.3 Å². The lowest BCUT2D eigenvalue weighted by Crippen LogP contribution is -2.06. The molecule has 20 heavy (non-hydrogen) atoms. The third kappa shape index (κ3) is 3.28. The topological polar surface area (TPSA) is 75.9 Å². The van der Waals surface area contributed by atoms with Gasteiger partial charge < -0.3 is 16.4 Å². The Hall–Kier alpha value is -2.51. The van der Waals surface area contributed by atoms with Crippen molar-refractivity contribution in [3.63, 3.8) is 0 Å². The zero-order chi connectivity index (χ0) is 14.8. The highest BCUT2D eigenvalue weighted by atomic mass is 19.4. The van der Waals surface area contributed by atoms with E-state index in [1.54, 1.807) is 7.05 Å². The summed E-state index contributed by atoms with van der Waals surface area (Å²) in [5.41, 5.74) is 5.03. The lowest BCUT2D eigenvalue weighted by Gasteiger charge is -2.11. The Morgan fingerprint density at radius 3 is 2.45 bits per heavy atom. The van der Waals surface area contributed by atoms with E-state index in [4.69, 9.17) is 5.73 Å². The zero-order valence-electron chi connectivity index (χ0n) is 10.5. The number of halogens is 3. The number of nitrogen functional groups attached to an aromatic ring is 1. The maximum absolute atomic E-state index is 12.6. The van der Waals surface area contributed by atoms with Gasteiger partial charge in [-0.3, -0.25) is 0 Å². The molecule has 1 heterocycles. The molecule has 0 bridgehead atoms. The van der Waals surface area contributed by atoms with Crippen molar-refractivity contribution in [2.75, 3.05) is 23.4 Å². The standard InChI is InChI=1S/C12H12F3N5/c1-17-9-6-10(20-11(16)19-9)18-8-4-2-3-7(5-8)12(13,14)15/h2-6H,1H3,(H4,16,17,18,19,20). The molecule has 0 aliphatic rings. The van der Waals surface area contributed by atoms with Gasteiger partial charge in [-0.25, -0.2) is 0 Å². The van der Waals surface area contributed by atoms with Crippen molar-refractivity contribution in [2.45, 2.75) is 6.18 Å². The molecule has 2 aromatic rings. The van der Waals surface area contributed by atoms with E-state index in [0.29, 0.717) is 11.6 Å². The van der Waals surface area contributed by atoms with Gasteiger partial charge in [-0.05, 0) is 18.2 Å². The highest BCUT2D eigenvalue weighted by molar-refractivity contribution is 5.61.